The van der Waals surface area contributed by atoms with Crippen molar-refractivity contribution in [2.75, 3.05) is 13.7 Å². The Bertz CT molecular complexity index is 1280. The second-order valence-electron chi connectivity index (χ2n) is 7.78. The van der Waals surface area contributed by atoms with Gasteiger partial charge >= 0.3 is 5.97 Å². The van der Waals surface area contributed by atoms with Gasteiger partial charge in [-0.05, 0) is 54.8 Å². The number of nitrogens with zero attached hydrogens (tertiary/aromatic N) is 1. The van der Waals surface area contributed by atoms with Crippen LogP contribution in [0.1, 0.15) is 22.3 Å². The van der Waals surface area contributed by atoms with Gasteiger partial charge in [-0.25, -0.2) is 4.79 Å². The van der Waals surface area contributed by atoms with E-state index in [4.69, 9.17) is 14.2 Å². The summed E-state index contributed by atoms with van der Waals surface area (Å²) in [4.78, 5) is 24.7. The van der Waals surface area contributed by atoms with Crippen LogP contribution < -0.4 is 19.5 Å². The first-order chi connectivity index (χ1) is 16.9. The van der Waals surface area contributed by atoms with Gasteiger partial charge in [-0.3, -0.25) is 4.79 Å². The lowest BCUT2D eigenvalue weighted by Gasteiger charge is -2.12. The minimum absolute atomic E-state index is 0.0606. The number of hydrogen-bond acceptors (Lipinski definition) is 6. The van der Waals surface area contributed by atoms with E-state index in [0.29, 0.717) is 17.9 Å². The maximum Gasteiger partial charge on any atom is 0.349 e. The van der Waals surface area contributed by atoms with Crippen LogP contribution in [-0.4, -0.2) is 25.6 Å². The Labute approximate surface area is 204 Å². The minimum Gasteiger partial charge on any atom is -0.493 e. The van der Waals surface area contributed by atoms with Gasteiger partial charge in [0.1, 0.15) is 17.4 Å². The fourth-order valence-corrected chi connectivity index (χ4v) is 3.30. The van der Waals surface area contributed by atoms with Gasteiger partial charge in [-0.2, -0.15) is 5.26 Å². The fraction of sp³-hybridized carbons (Fsp3) is 0.179. The lowest BCUT2D eigenvalue weighted by atomic mass is 10.1. The average molecular weight is 471 g/mol. The zero-order chi connectivity index (χ0) is 25.2. The monoisotopic (exact) mass is 470 g/mol. The van der Waals surface area contributed by atoms with Crippen molar-refractivity contribution in [2.24, 2.45) is 0 Å². The summed E-state index contributed by atoms with van der Waals surface area (Å²) in [7, 11) is 1.43. The van der Waals surface area contributed by atoms with Crippen LogP contribution in [0, 0.1) is 25.2 Å². The van der Waals surface area contributed by atoms with Crippen LogP contribution in [0.15, 0.2) is 72.3 Å². The average Bonchev–Trinajstić information content (AvgIpc) is 2.86. The standard InChI is InChI=1S/C28H26N2O5/c1-19-9-11-24(20(2)13-19)34-18-27(31)35-25-12-10-22(15-26(25)33-3)14-23(16-29)28(32)30-17-21-7-5-4-6-8-21/h4-15H,17-18H2,1-3H3,(H,30,32)/b23-14+. The van der Waals surface area contributed by atoms with Crippen molar-refractivity contribution < 1.29 is 23.8 Å². The number of amides is 1. The maximum atomic E-state index is 12.4. The Morgan fingerprint density at radius 2 is 1.71 bits per heavy atom. The Kier molecular flexibility index (Phi) is 8.63. The number of methoxy groups -OCH3 is 1. The third-order valence-electron chi connectivity index (χ3n) is 5.06. The first kappa shape index (κ1) is 25.1. The zero-order valence-corrected chi connectivity index (χ0v) is 19.8. The van der Waals surface area contributed by atoms with E-state index in [0.717, 1.165) is 16.7 Å². The fourth-order valence-electron chi connectivity index (χ4n) is 3.30. The molecule has 0 unspecified atom stereocenters. The molecule has 3 aromatic carbocycles. The highest BCUT2D eigenvalue weighted by Crippen LogP contribution is 2.29. The van der Waals surface area contributed by atoms with Crippen molar-refractivity contribution in [3.8, 4) is 23.3 Å². The second kappa shape index (κ2) is 12.1. The summed E-state index contributed by atoms with van der Waals surface area (Å²) in [5.74, 6) is 0.0000293. The van der Waals surface area contributed by atoms with Gasteiger partial charge in [0, 0.05) is 6.54 Å². The summed E-state index contributed by atoms with van der Waals surface area (Å²) in [6.45, 7) is 3.92. The van der Waals surface area contributed by atoms with Crippen molar-refractivity contribution in [3.63, 3.8) is 0 Å². The van der Waals surface area contributed by atoms with E-state index < -0.39 is 11.9 Å². The summed E-state index contributed by atoms with van der Waals surface area (Å²) in [5.41, 5.74) is 3.43. The first-order valence-corrected chi connectivity index (χ1v) is 10.9. The molecule has 3 rings (SSSR count). The number of benzene rings is 3. The summed E-state index contributed by atoms with van der Waals surface area (Å²) in [6.07, 6.45) is 1.44. The number of hydrogen-bond donors (Lipinski definition) is 1. The molecule has 0 atom stereocenters. The van der Waals surface area contributed by atoms with E-state index in [9.17, 15) is 14.9 Å². The van der Waals surface area contributed by atoms with Crippen molar-refractivity contribution in [1.29, 1.82) is 5.26 Å². The Morgan fingerprint density at radius 3 is 2.40 bits per heavy atom. The quantitative estimate of drug-likeness (QED) is 0.214. The Balaban J connectivity index is 1.64. The van der Waals surface area contributed by atoms with Crippen molar-refractivity contribution in [2.45, 2.75) is 20.4 Å². The zero-order valence-electron chi connectivity index (χ0n) is 19.8. The topological polar surface area (TPSA) is 97.6 Å². The van der Waals surface area contributed by atoms with Gasteiger partial charge in [0.2, 0.25) is 0 Å². The molecule has 7 nitrogen and oxygen atoms in total. The molecule has 0 heterocycles. The number of carbonyl (C=O) groups is 2. The molecular weight excluding hydrogens is 444 g/mol. The van der Waals surface area contributed by atoms with E-state index in [-0.39, 0.29) is 23.7 Å². The molecule has 0 saturated heterocycles. The molecule has 0 bridgehead atoms. The predicted molar refractivity (Wildman–Crippen MR) is 132 cm³/mol. The number of ether oxygens (including phenoxy) is 3. The molecule has 0 fully saturated rings. The molecule has 0 spiro atoms. The van der Waals surface area contributed by atoms with Crippen LogP contribution >= 0.6 is 0 Å². The van der Waals surface area contributed by atoms with Crippen LogP contribution in [0.4, 0.5) is 0 Å². The molecule has 0 aromatic heterocycles. The third kappa shape index (κ3) is 7.21. The van der Waals surface area contributed by atoms with Gasteiger partial charge in [0.05, 0.1) is 7.11 Å². The number of aryl methyl sites for hydroxylation is 2. The number of nitrogens with one attached hydrogen (secondary N) is 1. The van der Waals surface area contributed by atoms with Crippen LogP contribution in [-0.2, 0) is 16.1 Å². The largest absolute Gasteiger partial charge is 0.493 e. The SMILES string of the molecule is COc1cc(/C=C(\C#N)C(=O)NCc2ccccc2)ccc1OC(=O)COc1ccc(C)cc1C. The second-order valence-corrected chi connectivity index (χ2v) is 7.78. The Hall–Kier alpha value is -4.57. The van der Waals surface area contributed by atoms with Crippen LogP contribution in [0.25, 0.3) is 6.08 Å². The predicted octanol–water partition coefficient (Wildman–Crippen LogP) is 4.52. The van der Waals surface area contributed by atoms with Gasteiger partial charge < -0.3 is 19.5 Å². The maximum absolute atomic E-state index is 12.4. The molecular formula is C28H26N2O5. The molecule has 1 amide bonds. The number of carbonyl (C=O) groups excluding carboxylic acids is 2. The number of rotatable bonds is 9. The van der Waals surface area contributed by atoms with Gasteiger partial charge in [0.25, 0.3) is 5.91 Å². The molecule has 0 aliphatic carbocycles. The smallest absolute Gasteiger partial charge is 0.349 e. The molecule has 1 N–H and O–H groups in total. The lowest BCUT2D eigenvalue weighted by molar-refractivity contribution is -0.136. The molecule has 0 saturated carbocycles. The molecule has 0 aliphatic heterocycles. The molecule has 0 radical (unpaired) electrons. The van der Waals surface area contributed by atoms with E-state index in [2.05, 4.69) is 5.32 Å². The van der Waals surface area contributed by atoms with E-state index in [1.807, 2.05) is 68.4 Å². The number of nitriles is 1. The van der Waals surface area contributed by atoms with Crippen LogP contribution in [0.2, 0.25) is 0 Å². The third-order valence-corrected chi connectivity index (χ3v) is 5.06. The normalized spacial score (nSPS) is 10.7. The molecule has 3 aromatic rings. The van der Waals surface area contributed by atoms with E-state index in [1.165, 1.54) is 19.3 Å². The van der Waals surface area contributed by atoms with Crippen LogP contribution in [0.5, 0.6) is 17.2 Å². The highest BCUT2D eigenvalue weighted by Gasteiger charge is 2.14. The molecule has 178 valence electrons. The summed E-state index contributed by atoms with van der Waals surface area (Å²) in [5, 5.41) is 12.2. The molecule has 7 heteroatoms. The highest BCUT2D eigenvalue weighted by molar-refractivity contribution is 6.01. The van der Waals surface area contributed by atoms with Gasteiger partial charge in [-0.15, -0.1) is 0 Å². The Morgan fingerprint density at radius 1 is 0.971 bits per heavy atom. The van der Waals surface area contributed by atoms with Crippen molar-refractivity contribution >= 4 is 18.0 Å². The van der Waals surface area contributed by atoms with Gasteiger partial charge in [0.15, 0.2) is 18.1 Å². The van der Waals surface area contributed by atoms with Crippen LogP contribution in [0.3, 0.4) is 0 Å². The minimum atomic E-state index is -0.593. The molecule has 0 aliphatic rings. The first-order valence-electron chi connectivity index (χ1n) is 10.9. The van der Waals surface area contributed by atoms with Crippen molar-refractivity contribution in [3.05, 3.63) is 94.6 Å². The molecule has 35 heavy (non-hydrogen) atoms. The summed E-state index contributed by atoms with van der Waals surface area (Å²) < 4.78 is 16.3. The summed E-state index contributed by atoms with van der Waals surface area (Å²) in [6, 6.07) is 21.7. The highest BCUT2D eigenvalue weighted by atomic mass is 16.6. The summed E-state index contributed by atoms with van der Waals surface area (Å²) >= 11 is 0. The van der Waals surface area contributed by atoms with E-state index >= 15 is 0 Å². The van der Waals surface area contributed by atoms with Gasteiger partial charge in [-0.1, -0.05) is 54.1 Å². The van der Waals surface area contributed by atoms with Crippen molar-refractivity contribution in [1.82, 2.24) is 5.32 Å². The number of esters is 1. The lowest BCUT2D eigenvalue weighted by Crippen LogP contribution is -2.23. The van der Waals surface area contributed by atoms with E-state index in [1.54, 1.807) is 12.1 Å².